The van der Waals surface area contributed by atoms with Gasteiger partial charge < -0.3 is 20.8 Å². The average molecular weight is 414 g/mol. The molecular weight excluding hydrogens is 394 g/mol. The van der Waals surface area contributed by atoms with Crippen molar-refractivity contribution in [3.63, 3.8) is 0 Å². The van der Waals surface area contributed by atoms with Gasteiger partial charge in [-0.15, -0.1) is 0 Å². The standard InChI is InChI=1S/C20H21N3O5S/c1-13-5-8-15(9-6-13)29(27,28)23-12-11-16-14(3-2-4-18(24)25)7-10-17(19(16)23)20(21)22-26/h5-12,26H,2-4H2,1H3,(H2,21,22)(H,24,25)/p-1. The first-order valence-corrected chi connectivity index (χ1v) is 10.3. The Kier molecular flexibility index (Phi) is 5.60. The molecule has 0 spiro atoms. The SMILES string of the molecule is Cc1ccc(S(=O)(=O)n2ccc3c(CCCC(=O)[O-])ccc(C(N)=NO)c32)cc1. The van der Waals surface area contributed by atoms with Crippen molar-refractivity contribution < 1.29 is 23.5 Å². The van der Waals surface area contributed by atoms with Crippen LogP contribution in [0.4, 0.5) is 0 Å². The zero-order valence-corrected chi connectivity index (χ0v) is 16.5. The first-order valence-electron chi connectivity index (χ1n) is 8.88. The summed E-state index contributed by atoms with van der Waals surface area (Å²) in [6, 6.07) is 11.3. The van der Waals surface area contributed by atoms with Crippen LogP contribution in [0.25, 0.3) is 10.9 Å². The molecule has 3 rings (SSSR count). The minimum absolute atomic E-state index is 0.105. The lowest BCUT2D eigenvalue weighted by atomic mass is 10.0. The minimum atomic E-state index is -3.93. The van der Waals surface area contributed by atoms with Crippen molar-refractivity contribution in [3.05, 3.63) is 65.4 Å². The highest BCUT2D eigenvalue weighted by molar-refractivity contribution is 7.90. The molecule has 8 nitrogen and oxygen atoms in total. The van der Waals surface area contributed by atoms with Crippen LogP contribution in [0.3, 0.4) is 0 Å². The Hall–Kier alpha value is -3.33. The summed E-state index contributed by atoms with van der Waals surface area (Å²) in [6.07, 6.45) is 2.06. The molecule has 1 aromatic heterocycles. The quantitative estimate of drug-likeness (QED) is 0.259. The fourth-order valence-electron chi connectivity index (χ4n) is 3.22. The number of aliphatic carboxylic acids is 1. The van der Waals surface area contributed by atoms with Gasteiger partial charge in [0.15, 0.2) is 5.84 Å². The largest absolute Gasteiger partial charge is 0.550 e. The molecule has 2 aromatic carbocycles. The number of rotatable bonds is 7. The van der Waals surface area contributed by atoms with E-state index in [1.807, 2.05) is 6.92 Å². The van der Waals surface area contributed by atoms with E-state index in [2.05, 4.69) is 5.16 Å². The van der Waals surface area contributed by atoms with Crippen molar-refractivity contribution in [2.45, 2.75) is 31.1 Å². The Labute approximate surface area is 167 Å². The van der Waals surface area contributed by atoms with Gasteiger partial charge in [0.1, 0.15) is 0 Å². The van der Waals surface area contributed by atoms with E-state index in [4.69, 9.17) is 10.9 Å². The van der Waals surface area contributed by atoms with Crippen LogP contribution in [0.1, 0.15) is 29.5 Å². The van der Waals surface area contributed by atoms with E-state index in [0.29, 0.717) is 18.2 Å². The number of hydrogen-bond donors (Lipinski definition) is 2. The third-order valence-corrected chi connectivity index (χ3v) is 6.38. The van der Waals surface area contributed by atoms with Gasteiger partial charge in [-0.2, -0.15) is 0 Å². The van der Waals surface area contributed by atoms with Crippen molar-refractivity contribution in [1.29, 1.82) is 0 Å². The maximum absolute atomic E-state index is 13.2. The first kappa shape index (κ1) is 20.4. The van der Waals surface area contributed by atoms with Crippen LogP contribution in [-0.4, -0.2) is 29.4 Å². The predicted molar refractivity (Wildman–Crippen MR) is 106 cm³/mol. The molecule has 0 atom stereocenters. The molecule has 0 saturated heterocycles. The van der Waals surface area contributed by atoms with E-state index in [-0.39, 0.29) is 28.2 Å². The fraction of sp³-hybridized carbons (Fsp3) is 0.200. The summed E-state index contributed by atoms with van der Waals surface area (Å²) >= 11 is 0. The second-order valence-electron chi connectivity index (χ2n) is 6.67. The maximum atomic E-state index is 13.2. The van der Waals surface area contributed by atoms with Crippen LogP contribution in [-0.2, 0) is 21.2 Å². The highest BCUT2D eigenvalue weighted by Gasteiger charge is 2.23. The Bertz CT molecular complexity index is 1190. The van der Waals surface area contributed by atoms with Crippen LogP contribution >= 0.6 is 0 Å². The number of aromatic nitrogens is 1. The van der Waals surface area contributed by atoms with Crippen molar-refractivity contribution in [1.82, 2.24) is 3.97 Å². The lowest BCUT2D eigenvalue weighted by Gasteiger charge is -2.13. The second kappa shape index (κ2) is 7.96. The van der Waals surface area contributed by atoms with E-state index in [9.17, 15) is 18.3 Å². The number of amidine groups is 1. The molecule has 0 bridgehead atoms. The van der Waals surface area contributed by atoms with E-state index in [1.165, 1.54) is 18.3 Å². The lowest BCUT2D eigenvalue weighted by Crippen LogP contribution is -2.21. The van der Waals surface area contributed by atoms with Gasteiger partial charge in [-0.1, -0.05) is 28.9 Å². The summed E-state index contributed by atoms with van der Waals surface area (Å²) in [6.45, 7) is 1.86. The number of carbonyl (C=O) groups is 1. The van der Waals surface area contributed by atoms with Gasteiger partial charge in [-0.25, -0.2) is 12.4 Å². The number of aryl methyl sites for hydroxylation is 2. The molecule has 0 fully saturated rings. The van der Waals surface area contributed by atoms with Gasteiger partial charge in [0.05, 0.1) is 10.4 Å². The third kappa shape index (κ3) is 3.95. The molecular formula is C20H20N3O5S-. The minimum Gasteiger partial charge on any atom is -0.550 e. The molecule has 3 aromatic rings. The summed E-state index contributed by atoms with van der Waals surface area (Å²) in [5.41, 5.74) is 8.00. The van der Waals surface area contributed by atoms with Crippen LogP contribution in [0.15, 0.2) is 58.7 Å². The maximum Gasteiger partial charge on any atom is 0.268 e. The molecule has 0 unspecified atom stereocenters. The number of nitrogens with zero attached hydrogens (tertiary/aromatic N) is 2. The second-order valence-corrected chi connectivity index (χ2v) is 8.49. The molecule has 0 radical (unpaired) electrons. The number of carboxylic acid groups (broad SMARTS) is 1. The number of carboxylic acids is 1. The van der Waals surface area contributed by atoms with Gasteiger partial charge in [0, 0.05) is 23.1 Å². The zero-order valence-electron chi connectivity index (χ0n) is 15.7. The summed E-state index contributed by atoms with van der Waals surface area (Å²) in [7, 11) is -3.93. The van der Waals surface area contributed by atoms with Gasteiger partial charge in [-0.05, 0) is 56.0 Å². The van der Waals surface area contributed by atoms with E-state index >= 15 is 0 Å². The molecule has 152 valence electrons. The van der Waals surface area contributed by atoms with Gasteiger partial charge in [0.25, 0.3) is 10.0 Å². The molecule has 0 amide bonds. The van der Waals surface area contributed by atoms with Gasteiger partial charge in [0.2, 0.25) is 0 Å². The molecule has 0 aliphatic carbocycles. The monoisotopic (exact) mass is 414 g/mol. The highest BCUT2D eigenvalue weighted by atomic mass is 32.2. The summed E-state index contributed by atoms with van der Waals surface area (Å²) in [5.74, 6) is -1.37. The Morgan fingerprint density at radius 2 is 1.86 bits per heavy atom. The number of nitrogens with two attached hydrogens (primary N) is 1. The summed E-state index contributed by atoms with van der Waals surface area (Å²) < 4.78 is 27.6. The molecule has 0 saturated carbocycles. The van der Waals surface area contributed by atoms with Crippen molar-refractivity contribution >= 4 is 32.7 Å². The number of carbonyl (C=O) groups excluding carboxylic acids is 1. The van der Waals surface area contributed by atoms with E-state index in [1.54, 1.807) is 30.3 Å². The van der Waals surface area contributed by atoms with Crippen molar-refractivity contribution in [2.75, 3.05) is 0 Å². The number of oxime groups is 1. The van der Waals surface area contributed by atoms with Gasteiger partial charge >= 0.3 is 0 Å². The van der Waals surface area contributed by atoms with Crippen molar-refractivity contribution in [2.24, 2.45) is 10.9 Å². The van der Waals surface area contributed by atoms with E-state index < -0.39 is 16.0 Å². The normalized spacial score (nSPS) is 12.4. The predicted octanol–water partition coefficient (Wildman–Crippen LogP) is 1.35. The third-order valence-electron chi connectivity index (χ3n) is 4.69. The zero-order chi connectivity index (χ0) is 21.2. The molecule has 29 heavy (non-hydrogen) atoms. The van der Waals surface area contributed by atoms with Crippen LogP contribution < -0.4 is 10.8 Å². The van der Waals surface area contributed by atoms with Crippen LogP contribution in [0.5, 0.6) is 0 Å². The van der Waals surface area contributed by atoms with Crippen LogP contribution in [0.2, 0.25) is 0 Å². The molecule has 3 N–H and O–H groups in total. The Morgan fingerprint density at radius 3 is 2.48 bits per heavy atom. The molecule has 0 aliphatic rings. The number of hydrogen-bond acceptors (Lipinski definition) is 6. The first-order chi connectivity index (χ1) is 13.8. The molecule has 9 heteroatoms. The smallest absolute Gasteiger partial charge is 0.268 e. The molecule has 1 heterocycles. The van der Waals surface area contributed by atoms with E-state index in [0.717, 1.165) is 15.1 Å². The average Bonchev–Trinajstić information content (AvgIpc) is 3.14. The summed E-state index contributed by atoms with van der Waals surface area (Å²) in [4.78, 5) is 10.8. The molecule has 0 aliphatic heterocycles. The highest BCUT2D eigenvalue weighted by Crippen LogP contribution is 2.29. The lowest BCUT2D eigenvalue weighted by molar-refractivity contribution is -0.305. The fourth-order valence-corrected chi connectivity index (χ4v) is 4.58. The Balaban J connectivity index is 2.20. The van der Waals surface area contributed by atoms with Gasteiger partial charge in [-0.3, -0.25) is 0 Å². The Morgan fingerprint density at radius 1 is 1.17 bits per heavy atom. The van der Waals surface area contributed by atoms with Crippen molar-refractivity contribution in [3.8, 4) is 0 Å². The number of benzene rings is 2. The number of fused-ring (bicyclic) bond motifs is 1. The van der Waals surface area contributed by atoms with Crippen LogP contribution in [0, 0.1) is 6.92 Å². The topological polar surface area (TPSA) is 138 Å². The summed E-state index contributed by atoms with van der Waals surface area (Å²) in [5, 5.41) is 23.4.